The molecule has 0 bridgehead atoms. The molecule has 1 heterocycles. The van der Waals surface area contributed by atoms with Crippen molar-refractivity contribution < 1.29 is 0 Å². The van der Waals surface area contributed by atoms with E-state index in [-0.39, 0.29) is 0 Å². The Kier molecular flexibility index (Phi) is 4.11. The van der Waals surface area contributed by atoms with Gasteiger partial charge in [0.05, 0.1) is 11.2 Å². The first-order valence-corrected chi connectivity index (χ1v) is 6.62. The molecule has 2 rings (SSSR count). The number of hydrogen-bond acceptors (Lipinski definition) is 4. The van der Waals surface area contributed by atoms with Crippen LogP contribution in [-0.2, 0) is 6.42 Å². The molecular formula is C11H19N3S. The Labute approximate surface area is 95.1 Å². The highest BCUT2D eigenvalue weighted by Crippen LogP contribution is 2.22. The van der Waals surface area contributed by atoms with Crippen LogP contribution in [0.4, 0.5) is 0 Å². The van der Waals surface area contributed by atoms with Gasteiger partial charge in [0, 0.05) is 24.4 Å². The summed E-state index contributed by atoms with van der Waals surface area (Å²) in [6.45, 7) is 2.16. The van der Waals surface area contributed by atoms with Crippen LogP contribution in [0.25, 0.3) is 0 Å². The van der Waals surface area contributed by atoms with Crippen molar-refractivity contribution >= 4 is 11.3 Å². The van der Waals surface area contributed by atoms with Crippen LogP contribution in [-0.4, -0.2) is 24.1 Å². The lowest BCUT2D eigenvalue weighted by molar-refractivity contribution is 0.484. The molecule has 0 saturated heterocycles. The van der Waals surface area contributed by atoms with Gasteiger partial charge in [-0.05, 0) is 31.7 Å². The Hall–Kier alpha value is -0.450. The molecule has 4 heteroatoms. The molecule has 15 heavy (non-hydrogen) atoms. The highest BCUT2D eigenvalue weighted by Gasteiger charge is 2.20. The molecule has 1 aromatic heterocycles. The molecule has 0 aliphatic heterocycles. The summed E-state index contributed by atoms with van der Waals surface area (Å²) in [6.07, 6.45) is 4.75. The number of nitrogens with one attached hydrogen (secondary N) is 1. The number of nitrogens with two attached hydrogens (primary N) is 1. The van der Waals surface area contributed by atoms with Gasteiger partial charge in [-0.3, -0.25) is 0 Å². The van der Waals surface area contributed by atoms with Crippen LogP contribution >= 0.6 is 11.3 Å². The largest absolute Gasteiger partial charge is 0.328 e. The van der Waals surface area contributed by atoms with E-state index in [9.17, 15) is 0 Å². The molecule has 2 unspecified atom stereocenters. The van der Waals surface area contributed by atoms with Gasteiger partial charge >= 0.3 is 0 Å². The second-order valence-electron chi connectivity index (χ2n) is 4.37. The third-order valence-corrected chi connectivity index (χ3v) is 3.69. The van der Waals surface area contributed by atoms with Gasteiger partial charge < -0.3 is 11.1 Å². The second-order valence-corrected chi connectivity index (χ2v) is 5.09. The number of rotatable bonds is 5. The van der Waals surface area contributed by atoms with Crippen molar-refractivity contribution in [2.24, 2.45) is 11.7 Å². The summed E-state index contributed by atoms with van der Waals surface area (Å²) in [6, 6.07) is 0.454. The molecule has 0 amide bonds. The van der Waals surface area contributed by atoms with Crippen molar-refractivity contribution in [3.05, 3.63) is 16.6 Å². The molecule has 0 radical (unpaired) electrons. The predicted molar refractivity (Wildman–Crippen MR) is 64.0 cm³/mol. The topological polar surface area (TPSA) is 50.9 Å². The van der Waals surface area contributed by atoms with Crippen LogP contribution in [0.3, 0.4) is 0 Å². The molecule has 1 aliphatic rings. The lowest BCUT2D eigenvalue weighted by atomic mass is 10.1. The molecule has 1 aliphatic carbocycles. The summed E-state index contributed by atoms with van der Waals surface area (Å²) >= 11 is 1.67. The van der Waals surface area contributed by atoms with Crippen LogP contribution in [0.1, 0.15) is 25.0 Å². The van der Waals surface area contributed by atoms with Gasteiger partial charge in [-0.2, -0.15) is 0 Å². The number of hydrogen-bond donors (Lipinski definition) is 2. The Morgan fingerprint density at radius 1 is 1.53 bits per heavy atom. The Bertz CT molecular complexity index is 273. The minimum absolute atomic E-state index is 0.454. The first-order valence-electron chi connectivity index (χ1n) is 5.68. The van der Waals surface area contributed by atoms with E-state index in [2.05, 4.69) is 15.7 Å². The molecular weight excluding hydrogens is 206 g/mol. The molecule has 84 valence electrons. The first kappa shape index (κ1) is 11.0. The summed E-state index contributed by atoms with van der Waals surface area (Å²) in [7, 11) is 0. The van der Waals surface area contributed by atoms with Crippen molar-refractivity contribution in [2.45, 2.75) is 31.7 Å². The summed E-state index contributed by atoms with van der Waals surface area (Å²) in [5.41, 5.74) is 8.97. The Morgan fingerprint density at radius 3 is 3.13 bits per heavy atom. The summed E-state index contributed by atoms with van der Waals surface area (Å²) in [4.78, 5) is 4.26. The molecule has 1 saturated carbocycles. The van der Waals surface area contributed by atoms with Crippen LogP contribution < -0.4 is 11.1 Å². The molecule has 1 aromatic rings. The lowest BCUT2D eigenvalue weighted by Crippen LogP contribution is -2.25. The van der Waals surface area contributed by atoms with Crippen LogP contribution in [0.15, 0.2) is 10.9 Å². The van der Waals surface area contributed by atoms with E-state index in [1.807, 2.05) is 5.51 Å². The summed E-state index contributed by atoms with van der Waals surface area (Å²) < 4.78 is 0. The fourth-order valence-electron chi connectivity index (χ4n) is 2.18. The van der Waals surface area contributed by atoms with Crippen LogP contribution in [0.2, 0.25) is 0 Å². The standard InChI is InChI=1S/C11H19N3S/c12-10-2-1-9(5-10)6-13-4-3-11-7-15-8-14-11/h7-10,13H,1-6,12H2. The highest BCUT2D eigenvalue weighted by atomic mass is 32.1. The third kappa shape index (κ3) is 3.55. The van der Waals surface area contributed by atoms with Crippen molar-refractivity contribution in [3.63, 3.8) is 0 Å². The monoisotopic (exact) mass is 225 g/mol. The highest BCUT2D eigenvalue weighted by molar-refractivity contribution is 7.07. The van der Waals surface area contributed by atoms with Gasteiger partial charge in [0.25, 0.3) is 0 Å². The van der Waals surface area contributed by atoms with E-state index in [0.29, 0.717) is 6.04 Å². The smallest absolute Gasteiger partial charge is 0.0794 e. The van der Waals surface area contributed by atoms with Crippen molar-refractivity contribution in [3.8, 4) is 0 Å². The van der Waals surface area contributed by atoms with Crippen molar-refractivity contribution in [1.82, 2.24) is 10.3 Å². The maximum absolute atomic E-state index is 5.87. The molecule has 2 atom stereocenters. The van der Waals surface area contributed by atoms with Gasteiger partial charge in [0.15, 0.2) is 0 Å². The quantitative estimate of drug-likeness (QED) is 0.745. The maximum Gasteiger partial charge on any atom is 0.0794 e. The summed E-state index contributed by atoms with van der Waals surface area (Å²) in [5, 5.41) is 5.61. The zero-order valence-electron chi connectivity index (χ0n) is 8.98. The zero-order chi connectivity index (χ0) is 10.5. The van der Waals surface area contributed by atoms with Gasteiger partial charge in [0.1, 0.15) is 0 Å². The minimum Gasteiger partial charge on any atom is -0.328 e. The van der Waals surface area contributed by atoms with E-state index >= 15 is 0 Å². The molecule has 0 spiro atoms. The van der Waals surface area contributed by atoms with E-state index in [4.69, 9.17) is 5.73 Å². The van der Waals surface area contributed by atoms with E-state index < -0.39 is 0 Å². The molecule has 1 fully saturated rings. The van der Waals surface area contributed by atoms with Gasteiger partial charge in [0.2, 0.25) is 0 Å². The number of aromatic nitrogens is 1. The van der Waals surface area contributed by atoms with E-state index in [1.165, 1.54) is 25.0 Å². The predicted octanol–water partition coefficient (Wildman–Crippen LogP) is 1.40. The SMILES string of the molecule is NC1CCC(CNCCc2cscn2)C1. The molecule has 3 nitrogen and oxygen atoms in total. The molecule has 3 N–H and O–H groups in total. The number of thiazole rings is 1. The minimum atomic E-state index is 0.454. The van der Waals surface area contributed by atoms with Gasteiger partial charge in [-0.15, -0.1) is 11.3 Å². The lowest BCUT2D eigenvalue weighted by Gasteiger charge is -2.10. The zero-order valence-corrected chi connectivity index (χ0v) is 9.80. The normalized spacial score (nSPS) is 25.9. The van der Waals surface area contributed by atoms with Crippen LogP contribution in [0, 0.1) is 5.92 Å². The maximum atomic E-state index is 5.87. The van der Waals surface area contributed by atoms with E-state index in [0.717, 1.165) is 25.4 Å². The van der Waals surface area contributed by atoms with Gasteiger partial charge in [-0.25, -0.2) is 4.98 Å². The van der Waals surface area contributed by atoms with E-state index in [1.54, 1.807) is 11.3 Å². The summed E-state index contributed by atoms with van der Waals surface area (Å²) in [5.74, 6) is 0.801. The molecule has 0 aromatic carbocycles. The average molecular weight is 225 g/mol. The Balaban J connectivity index is 1.55. The van der Waals surface area contributed by atoms with Crippen molar-refractivity contribution in [2.75, 3.05) is 13.1 Å². The fraction of sp³-hybridized carbons (Fsp3) is 0.727. The van der Waals surface area contributed by atoms with Gasteiger partial charge in [-0.1, -0.05) is 0 Å². The van der Waals surface area contributed by atoms with Crippen molar-refractivity contribution in [1.29, 1.82) is 0 Å². The third-order valence-electron chi connectivity index (χ3n) is 3.06. The Morgan fingerprint density at radius 2 is 2.47 bits per heavy atom. The fourth-order valence-corrected chi connectivity index (χ4v) is 2.78. The second kappa shape index (κ2) is 5.58. The average Bonchev–Trinajstić information content (AvgIpc) is 2.84. The van der Waals surface area contributed by atoms with Crippen LogP contribution in [0.5, 0.6) is 0 Å². The number of nitrogens with zero attached hydrogens (tertiary/aromatic N) is 1. The first-order chi connectivity index (χ1) is 7.34.